The summed E-state index contributed by atoms with van der Waals surface area (Å²) >= 11 is 0. The summed E-state index contributed by atoms with van der Waals surface area (Å²) in [5, 5.41) is 0. The monoisotopic (exact) mass is 304 g/mol. The first kappa shape index (κ1) is 15.5. The molecule has 1 aromatic rings. The van der Waals surface area contributed by atoms with Crippen LogP contribution in [0.1, 0.15) is 61.4 Å². The molecule has 5 heteroatoms. The molecule has 0 N–H and O–H groups in total. The lowest BCUT2D eigenvalue weighted by Crippen LogP contribution is -2.40. The summed E-state index contributed by atoms with van der Waals surface area (Å²) < 4.78 is 2.17. The second-order valence-electron chi connectivity index (χ2n) is 7.05. The smallest absolute Gasteiger partial charge is 0.273 e. The van der Waals surface area contributed by atoms with Crippen LogP contribution in [0.15, 0.2) is 6.20 Å². The minimum Gasteiger partial charge on any atom is -0.343 e. The molecule has 0 aromatic carbocycles. The van der Waals surface area contributed by atoms with Crippen molar-refractivity contribution in [1.29, 1.82) is 0 Å². The Morgan fingerprint density at radius 2 is 2.00 bits per heavy atom. The maximum absolute atomic E-state index is 12.1. The molecule has 1 atom stereocenters. The fourth-order valence-electron chi connectivity index (χ4n) is 3.82. The molecule has 1 aromatic heterocycles. The molecule has 0 saturated heterocycles. The Labute approximate surface area is 133 Å². The molecule has 0 unspecified atom stereocenters. The van der Waals surface area contributed by atoms with Crippen molar-refractivity contribution in [2.45, 2.75) is 51.6 Å². The van der Waals surface area contributed by atoms with Crippen molar-refractivity contribution in [3.63, 3.8) is 0 Å². The van der Waals surface area contributed by atoms with Gasteiger partial charge in [0.25, 0.3) is 5.91 Å². The van der Waals surface area contributed by atoms with Crippen LogP contribution in [0.25, 0.3) is 0 Å². The first-order valence-corrected chi connectivity index (χ1v) is 8.59. The Kier molecular flexibility index (Phi) is 4.52. The van der Waals surface area contributed by atoms with E-state index in [4.69, 9.17) is 0 Å². The van der Waals surface area contributed by atoms with E-state index in [0.717, 1.165) is 24.8 Å². The second-order valence-corrected chi connectivity index (χ2v) is 7.05. The largest absolute Gasteiger partial charge is 0.343 e. The Morgan fingerprint density at radius 3 is 2.68 bits per heavy atom. The van der Waals surface area contributed by atoms with E-state index in [-0.39, 0.29) is 5.91 Å². The van der Waals surface area contributed by atoms with Crippen molar-refractivity contribution < 1.29 is 4.79 Å². The summed E-state index contributed by atoms with van der Waals surface area (Å²) in [7, 11) is 3.55. The molecule has 2 heterocycles. The van der Waals surface area contributed by atoms with Gasteiger partial charge in [-0.25, -0.2) is 4.98 Å². The molecule has 1 amide bonds. The summed E-state index contributed by atoms with van der Waals surface area (Å²) in [6.45, 7) is 5.42. The van der Waals surface area contributed by atoms with Crippen LogP contribution in [0.2, 0.25) is 0 Å². The van der Waals surface area contributed by atoms with Gasteiger partial charge >= 0.3 is 0 Å². The molecule has 0 radical (unpaired) electrons. The van der Waals surface area contributed by atoms with Crippen LogP contribution in [0.5, 0.6) is 0 Å². The van der Waals surface area contributed by atoms with Crippen molar-refractivity contribution in [2.75, 3.05) is 27.2 Å². The molecule has 1 saturated carbocycles. The number of hydrogen-bond acceptors (Lipinski definition) is 3. The highest BCUT2D eigenvalue weighted by Gasteiger charge is 2.29. The van der Waals surface area contributed by atoms with Crippen molar-refractivity contribution in [3.8, 4) is 0 Å². The summed E-state index contributed by atoms with van der Waals surface area (Å²) in [5.74, 6) is 1.89. The highest BCUT2D eigenvalue weighted by Crippen LogP contribution is 2.30. The van der Waals surface area contributed by atoms with Crippen LogP contribution < -0.4 is 0 Å². The zero-order valence-electron chi connectivity index (χ0n) is 14.1. The van der Waals surface area contributed by atoms with Gasteiger partial charge in [0.05, 0.1) is 6.04 Å². The number of hydrogen-bond donors (Lipinski definition) is 0. The van der Waals surface area contributed by atoms with Crippen molar-refractivity contribution in [3.05, 3.63) is 17.7 Å². The van der Waals surface area contributed by atoms with E-state index in [0.29, 0.717) is 11.7 Å². The maximum atomic E-state index is 12.1. The average molecular weight is 304 g/mol. The van der Waals surface area contributed by atoms with Crippen molar-refractivity contribution >= 4 is 5.91 Å². The first-order valence-electron chi connectivity index (χ1n) is 8.59. The molecule has 5 nitrogen and oxygen atoms in total. The topological polar surface area (TPSA) is 41.4 Å². The van der Waals surface area contributed by atoms with Gasteiger partial charge in [-0.05, 0) is 25.7 Å². The highest BCUT2D eigenvalue weighted by molar-refractivity contribution is 5.91. The highest BCUT2D eigenvalue weighted by atomic mass is 16.2. The maximum Gasteiger partial charge on any atom is 0.273 e. The van der Waals surface area contributed by atoms with Crippen molar-refractivity contribution in [2.24, 2.45) is 5.92 Å². The number of carbonyl (C=O) groups excluding carboxylic acids is 1. The van der Waals surface area contributed by atoms with Crippen LogP contribution in [0.4, 0.5) is 0 Å². The minimum absolute atomic E-state index is 0.00655. The zero-order valence-corrected chi connectivity index (χ0v) is 14.1. The van der Waals surface area contributed by atoms with Gasteiger partial charge in [-0.15, -0.1) is 0 Å². The molecule has 122 valence electrons. The number of carbonyl (C=O) groups is 1. The Morgan fingerprint density at radius 1 is 1.27 bits per heavy atom. The normalized spacial score (nSPS) is 23.3. The number of imidazole rings is 1. The molecule has 1 aliphatic heterocycles. The Hall–Kier alpha value is -1.36. The molecule has 2 aliphatic rings. The SMILES string of the molecule is C[C@@H]1c2nc(C(=O)N(C)C)cn2CCN1CC1CCCCC1. The van der Waals surface area contributed by atoms with E-state index in [1.54, 1.807) is 19.0 Å². The molecule has 22 heavy (non-hydrogen) atoms. The summed E-state index contributed by atoms with van der Waals surface area (Å²) in [5.41, 5.74) is 0.575. The minimum atomic E-state index is -0.00655. The Balaban J connectivity index is 1.71. The third kappa shape index (κ3) is 3.05. The third-order valence-electron chi connectivity index (χ3n) is 5.20. The van der Waals surface area contributed by atoms with Gasteiger partial charge in [0.2, 0.25) is 0 Å². The zero-order chi connectivity index (χ0) is 15.7. The predicted molar refractivity (Wildman–Crippen MR) is 86.8 cm³/mol. The van der Waals surface area contributed by atoms with E-state index in [2.05, 4.69) is 21.4 Å². The van der Waals surface area contributed by atoms with E-state index >= 15 is 0 Å². The fraction of sp³-hybridized carbons (Fsp3) is 0.765. The van der Waals surface area contributed by atoms with E-state index < -0.39 is 0 Å². The number of fused-ring (bicyclic) bond motifs is 1. The number of amides is 1. The molecule has 0 spiro atoms. The first-order chi connectivity index (χ1) is 10.6. The van der Waals surface area contributed by atoms with Gasteiger partial charge in [0.1, 0.15) is 11.5 Å². The number of nitrogens with zero attached hydrogens (tertiary/aromatic N) is 4. The molecule has 3 rings (SSSR count). The Bertz CT molecular complexity index is 531. The molecular formula is C17H28N4O. The summed E-state index contributed by atoms with van der Waals surface area (Å²) in [4.78, 5) is 20.9. The summed E-state index contributed by atoms with van der Waals surface area (Å²) in [6.07, 6.45) is 8.87. The molecule has 1 fully saturated rings. The van der Waals surface area contributed by atoms with Crippen LogP contribution >= 0.6 is 0 Å². The molecular weight excluding hydrogens is 276 g/mol. The van der Waals surface area contributed by atoms with Crippen LogP contribution in [0.3, 0.4) is 0 Å². The van der Waals surface area contributed by atoms with Gasteiger partial charge in [0.15, 0.2) is 0 Å². The molecule has 0 bridgehead atoms. The standard InChI is InChI=1S/C17H28N4O/c1-13-16-18-15(17(22)19(2)3)12-21(16)10-9-20(13)11-14-7-5-4-6-8-14/h12-14H,4-11H2,1-3H3/t13-/m1/s1. The van der Waals surface area contributed by atoms with E-state index in [1.807, 2.05) is 6.20 Å². The molecule has 1 aliphatic carbocycles. The second kappa shape index (κ2) is 6.41. The van der Waals surface area contributed by atoms with E-state index in [9.17, 15) is 4.79 Å². The predicted octanol–water partition coefficient (Wildman–Crippen LogP) is 2.54. The lowest BCUT2D eigenvalue weighted by Gasteiger charge is -2.37. The average Bonchev–Trinajstić information content (AvgIpc) is 2.95. The van der Waals surface area contributed by atoms with Gasteiger partial charge in [0, 0.05) is 39.9 Å². The number of aromatic nitrogens is 2. The quantitative estimate of drug-likeness (QED) is 0.862. The third-order valence-corrected chi connectivity index (χ3v) is 5.20. The van der Waals surface area contributed by atoms with Crippen LogP contribution in [-0.2, 0) is 6.54 Å². The lowest BCUT2D eigenvalue weighted by atomic mass is 9.88. The van der Waals surface area contributed by atoms with Gasteiger partial charge < -0.3 is 9.47 Å². The van der Waals surface area contributed by atoms with E-state index in [1.165, 1.54) is 38.6 Å². The van der Waals surface area contributed by atoms with Crippen molar-refractivity contribution in [1.82, 2.24) is 19.4 Å². The van der Waals surface area contributed by atoms with Gasteiger partial charge in [-0.3, -0.25) is 9.69 Å². The lowest BCUT2D eigenvalue weighted by molar-refractivity contribution is 0.0822. The van der Waals surface area contributed by atoms with Gasteiger partial charge in [-0.2, -0.15) is 0 Å². The van der Waals surface area contributed by atoms with Crippen LogP contribution in [-0.4, -0.2) is 52.4 Å². The summed E-state index contributed by atoms with van der Waals surface area (Å²) in [6, 6.07) is 0.305. The van der Waals surface area contributed by atoms with Gasteiger partial charge in [-0.1, -0.05) is 19.3 Å². The van der Waals surface area contributed by atoms with Crippen LogP contribution in [0, 0.1) is 5.92 Å². The fourth-order valence-corrected chi connectivity index (χ4v) is 3.82. The number of rotatable bonds is 3.